The zero-order valence-electron chi connectivity index (χ0n) is 14.9. The molecule has 2 amide bonds. The average Bonchev–Trinajstić information content (AvgIpc) is 3.21. The van der Waals surface area contributed by atoms with Gasteiger partial charge in [-0.3, -0.25) is 19.7 Å². The van der Waals surface area contributed by atoms with Crippen molar-refractivity contribution in [1.29, 1.82) is 0 Å². The van der Waals surface area contributed by atoms with Crippen LogP contribution in [0.25, 0.3) is 22.0 Å². The van der Waals surface area contributed by atoms with Crippen LogP contribution in [-0.4, -0.2) is 45.0 Å². The molecule has 0 saturated carbocycles. The van der Waals surface area contributed by atoms with Gasteiger partial charge in [0.2, 0.25) is 5.91 Å². The number of primary amides is 1. The van der Waals surface area contributed by atoms with Crippen molar-refractivity contribution in [3.05, 3.63) is 47.9 Å². The summed E-state index contributed by atoms with van der Waals surface area (Å²) in [5.74, 6) is -0.328. The van der Waals surface area contributed by atoms with E-state index in [0.29, 0.717) is 30.6 Å². The first-order valence-corrected chi connectivity index (χ1v) is 9.12. The van der Waals surface area contributed by atoms with Gasteiger partial charge in [-0.1, -0.05) is 6.07 Å². The predicted octanol–water partition coefficient (Wildman–Crippen LogP) is 2.28. The van der Waals surface area contributed by atoms with E-state index in [0.717, 1.165) is 41.4 Å². The molecule has 1 aliphatic rings. The highest BCUT2D eigenvalue weighted by Gasteiger charge is 2.19. The van der Waals surface area contributed by atoms with Crippen LogP contribution < -0.4 is 5.73 Å². The summed E-state index contributed by atoms with van der Waals surface area (Å²) in [5, 5.41) is 7.61. The van der Waals surface area contributed by atoms with Gasteiger partial charge in [-0.25, -0.2) is 0 Å². The van der Waals surface area contributed by atoms with Crippen LogP contribution in [-0.2, 0) is 11.2 Å². The first-order chi connectivity index (χ1) is 13.1. The van der Waals surface area contributed by atoms with Crippen LogP contribution in [0.1, 0.15) is 35.3 Å². The van der Waals surface area contributed by atoms with Gasteiger partial charge in [0.1, 0.15) is 0 Å². The van der Waals surface area contributed by atoms with Gasteiger partial charge < -0.3 is 10.6 Å². The molecule has 1 saturated heterocycles. The summed E-state index contributed by atoms with van der Waals surface area (Å²) < 4.78 is 0. The van der Waals surface area contributed by atoms with Gasteiger partial charge in [0.25, 0.3) is 5.91 Å². The van der Waals surface area contributed by atoms with E-state index >= 15 is 0 Å². The quantitative estimate of drug-likeness (QED) is 0.725. The first kappa shape index (κ1) is 17.2. The number of amides is 2. The highest BCUT2D eigenvalue weighted by Crippen LogP contribution is 2.25. The molecule has 27 heavy (non-hydrogen) atoms. The molecule has 7 nitrogen and oxygen atoms in total. The Morgan fingerprint density at radius 3 is 2.85 bits per heavy atom. The molecule has 7 heteroatoms. The average molecular weight is 363 g/mol. The van der Waals surface area contributed by atoms with Gasteiger partial charge in [-0.15, -0.1) is 0 Å². The molecule has 2 aromatic heterocycles. The summed E-state index contributed by atoms with van der Waals surface area (Å²) in [6, 6.07) is 7.67. The zero-order valence-corrected chi connectivity index (χ0v) is 14.9. The molecule has 0 aliphatic carbocycles. The van der Waals surface area contributed by atoms with Crippen molar-refractivity contribution < 1.29 is 9.59 Å². The van der Waals surface area contributed by atoms with Crippen LogP contribution in [0.5, 0.6) is 0 Å². The highest BCUT2D eigenvalue weighted by molar-refractivity contribution is 5.98. The number of pyridine rings is 1. The van der Waals surface area contributed by atoms with Crippen molar-refractivity contribution in [2.75, 3.05) is 13.1 Å². The Hall–Kier alpha value is -3.22. The molecule has 3 N–H and O–H groups in total. The molecule has 3 heterocycles. The third kappa shape index (κ3) is 3.53. The van der Waals surface area contributed by atoms with Crippen molar-refractivity contribution in [3.8, 4) is 11.1 Å². The van der Waals surface area contributed by atoms with E-state index in [2.05, 4.69) is 15.2 Å². The predicted molar refractivity (Wildman–Crippen MR) is 102 cm³/mol. The van der Waals surface area contributed by atoms with Gasteiger partial charge >= 0.3 is 0 Å². The Bertz CT molecular complexity index is 997. The number of hydrogen-bond donors (Lipinski definition) is 2. The number of nitrogens with one attached hydrogen (secondary N) is 1. The molecule has 0 unspecified atom stereocenters. The lowest BCUT2D eigenvalue weighted by molar-refractivity contribution is -0.133. The highest BCUT2D eigenvalue weighted by atomic mass is 16.2. The minimum Gasteiger partial charge on any atom is -0.366 e. The minimum absolute atomic E-state index is 0.174. The minimum atomic E-state index is -0.502. The summed E-state index contributed by atoms with van der Waals surface area (Å²) in [5.41, 5.74) is 9.40. The van der Waals surface area contributed by atoms with Crippen LogP contribution in [0.3, 0.4) is 0 Å². The SMILES string of the molecule is NC(=O)c1cc2cc(-c3cn[nH]c3)ccc2nc1CCN1CCCCC1=O. The molecule has 138 valence electrons. The number of nitrogens with two attached hydrogens (primary N) is 1. The number of H-pyrrole nitrogens is 1. The fourth-order valence-electron chi connectivity index (χ4n) is 3.55. The lowest BCUT2D eigenvalue weighted by Crippen LogP contribution is -2.37. The smallest absolute Gasteiger partial charge is 0.250 e. The number of aromatic nitrogens is 3. The molecule has 3 aromatic rings. The van der Waals surface area contributed by atoms with E-state index in [9.17, 15) is 9.59 Å². The van der Waals surface area contributed by atoms with E-state index in [1.54, 1.807) is 12.3 Å². The summed E-state index contributed by atoms with van der Waals surface area (Å²) in [7, 11) is 0. The van der Waals surface area contributed by atoms with Crippen molar-refractivity contribution in [1.82, 2.24) is 20.1 Å². The second kappa shape index (κ2) is 7.19. The fraction of sp³-hybridized carbons (Fsp3) is 0.300. The van der Waals surface area contributed by atoms with E-state index in [4.69, 9.17) is 5.73 Å². The molecule has 4 rings (SSSR count). The topological polar surface area (TPSA) is 105 Å². The number of benzene rings is 1. The van der Waals surface area contributed by atoms with Crippen LogP contribution in [0.15, 0.2) is 36.7 Å². The van der Waals surface area contributed by atoms with E-state index in [1.807, 2.05) is 29.3 Å². The third-order valence-corrected chi connectivity index (χ3v) is 5.03. The van der Waals surface area contributed by atoms with Crippen LogP contribution in [0, 0.1) is 0 Å². The van der Waals surface area contributed by atoms with Crippen molar-refractivity contribution in [2.24, 2.45) is 5.73 Å². The van der Waals surface area contributed by atoms with Gasteiger partial charge in [-0.05, 0) is 36.6 Å². The lowest BCUT2D eigenvalue weighted by Gasteiger charge is -2.26. The number of rotatable bonds is 5. The van der Waals surface area contributed by atoms with Crippen LogP contribution in [0.2, 0.25) is 0 Å². The summed E-state index contributed by atoms with van der Waals surface area (Å²) in [4.78, 5) is 30.5. The van der Waals surface area contributed by atoms with E-state index in [-0.39, 0.29) is 5.91 Å². The van der Waals surface area contributed by atoms with Crippen molar-refractivity contribution in [2.45, 2.75) is 25.7 Å². The number of fused-ring (bicyclic) bond motifs is 1. The third-order valence-electron chi connectivity index (χ3n) is 5.03. The molecule has 0 atom stereocenters. The maximum atomic E-state index is 12.0. The number of aromatic amines is 1. The van der Waals surface area contributed by atoms with E-state index in [1.165, 1.54) is 0 Å². The monoisotopic (exact) mass is 363 g/mol. The Kier molecular flexibility index (Phi) is 4.58. The lowest BCUT2D eigenvalue weighted by atomic mass is 10.0. The zero-order chi connectivity index (χ0) is 18.8. The Labute approximate surface area is 156 Å². The Morgan fingerprint density at radius 1 is 1.22 bits per heavy atom. The van der Waals surface area contributed by atoms with Gasteiger partial charge in [0.15, 0.2) is 0 Å². The summed E-state index contributed by atoms with van der Waals surface area (Å²) >= 11 is 0. The first-order valence-electron chi connectivity index (χ1n) is 9.12. The molecule has 0 spiro atoms. The number of carbonyl (C=O) groups excluding carboxylic acids is 2. The number of piperidine rings is 1. The van der Waals surface area contributed by atoms with Crippen LogP contribution >= 0.6 is 0 Å². The molecule has 1 aliphatic heterocycles. The maximum absolute atomic E-state index is 12.0. The van der Waals surface area contributed by atoms with Gasteiger partial charge in [-0.2, -0.15) is 5.10 Å². The number of nitrogens with zero attached hydrogens (tertiary/aromatic N) is 3. The van der Waals surface area contributed by atoms with Crippen molar-refractivity contribution >= 4 is 22.7 Å². The number of likely N-dealkylation sites (tertiary alicyclic amines) is 1. The molecule has 0 radical (unpaired) electrons. The molecule has 1 fully saturated rings. The second-order valence-electron chi connectivity index (χ2n) is 6.83. The standard InChI is InChI=1S/C20H21N5O2/c21-20(27)16-10-14-9-13(15-11-22-23-12-15)4-5-17(14)24-18(16)6-8-25-7-2-1-3-19(25)26/h4-5,9-12H,1-3,6-8H2,(H2,21,27)(H,22,23). The molecular formula is C20H21N5O2. The maximum Gasteiger partial charge on any atom is 0.250 e. The van der Waals surface area contributed by atoms with Gasteiger partial charge in [0.05, 0.1) is 23.0 Å². The summed E-state index contributed by atoms with van der Waals surface area (Å²) in [6.07, 6.45) is 6.65. The van der Waals surface area contributed by atoms with Crippen molar-refractivity contribution in [3.63, 3.8) is 0 Å². The largest absolute Gasteiger partial charge is 0.366 e. The summed E-state index contributed by atoms with van der Waals surface area (Å²) in [6.45, 7) is 1.33. The van der Waals surface area contributed by atoms with Gasteiger partial charge in [0, 0.05) is 43.1 Å². The second-order valence-corrected chi connectivity index (χ2v) is 6.83. The molecular weight excluding hydrogens is 342 g/mol. The molecule has 0 bridgehead atoms. The number of hydrogen-bond acceptors (Lipinski definition) is 4. The van der Waals surface area contributed by atoms with Crippen LogP contribution in [0.4, 0.5) is 0 Å². The number of carbonyl (C=O) groups is 2. The molecule has 1 aromatic carbocycles. The fourth-order valence-corrected chi connectivity index (χ4v) is 3.55. The Morgan fingerprint density at radius 2 is 2.11 bits per heavy atom. The Balaban J connectivity index is 1.65. The van der Waals surface area contributed by atoms with E-state index < -0.39 is 5.91 Å². The normalized spacial score (nSPS) is 14.7.